The molecule has 1 aliphatic heterocycles. The first kappa shape index (κ1) is 32.6. The van der Waals surface area contributed by atoms with Crippen molar-refractivity contribution >= 4 is 40.8 Å². The molecule has 8 nitrogen and oxygen atoms in total. The molecule has 0 bridgehead atoms. The lowest BCUT2D eigenvalue weighted by Crippen LogP contribution is -2.64. The van der Waals surface area contributed by atoms with E-state index in [9.17, 15) is 14.0 Å². The number of benzene rings is 1. The van der Waals surface area contributed by atoms with E-state index in [1.165, 1.54) is 17.0 Å². The molecule has 0 saturated carbocycles. The average molecular weight is 582 g/mol. The van der Waals surface area contributed by atoms with Gasteiger partial charge in [0, 0.05) is 64.6 Å². The van der Waals surface area contributed by atoms with Crippen LogP contribution in [-0.4, -0.2) is 59.5 Å². The van der Waals surface area contributed by atoms with Crippen LogP contribution in [0.2, 0.25) is 5.02 Å². The van der Waals surface area contributed by atoms with Crippen molar-refractivity contribution in [2.24, 2.45) is 5.73 Å². The molecule has 1 aromatic heterocycles. The summed E-state index contributed by atoms with van der Waals surface area (Å²) in [5.74, 6) is -0.955. The van der Waals surface area contributed by atoms with Crippen LogP contribution in [0.3, 0.4) is 0 Å². The number of halogens is 2. The van der Waals surface area contributed by atoms with E-state index in [2.05, 4.69) is 48.5 Å². The topological polar surface area (TPSA) is 120 Å². The molecule has 0 spiro atoms. The molecule has 0 aliphatic carbocycles. The maximum Gasteiger partial charge on any atom is 0.284 e. The lowest BCUT2D eigenvalue weighted by Gasteiger charge is -2.55. The van der Waals surface area contributed by atoms with Gasteiger partial charge in [0.25, 0.3) is 5.91 Å². The van der Waals surface area contributed by atoms with Gasteiger partial charge in [-0.2, -0.15) is 0 Å². The van der Waals surface area contributed by atoms with Gasteiger partial charge < -0.3 is 26.8 Å². The Bertz CT molecular complexity index is 1120. The highest BCUT2D eigenvalue weighted by Crippen LogP contribution is 2.38. The number of aliphatic hydroxyl groups excluding tert-OH is 1. The third-order valence-electron chi connectivity index (χ3n) is 6.63. The summed E-state index contributed by atoms with van der Waals surface area (Å²) in [4.78, 5) is 26.7. The highest BCUT2D eigenvalue weighted by molar-refractivity contribution is 7.11. The van der Waals surface area contributed by atoms with Crippen LogP contribution in [0, 0.1) is 5.82 Å². The van der Waals surface area contributed by atoms with Crippen LogP contribution >= 0.6 is 22.9 Å². The number of piperidine rings is 1. The Morgan fingerprint density at radius 3 is 2.38 bits per heavy atom. The van der Waals surface area contributed by atoms with Crippen molar-refractivity contribution in [3.8, 4) is 0 Å². The number of nitrogens with zero attached hydrogens (tertiary/aromatic N) is 1. The van der Waals surface area contributed by atoms with Crippen molar-refractivity contribution in [3.05, 3.63) is 62.8 Å². The summed E-state index contributed by atoms with van der Waals surface area (Å²) in [6, 6.07) is 8.54. The quantitative estimate of drug-likeness (QED) is 0.163. The molecular weight excluding hydrogens is 541 g/mol. The number of aliphatic hydroxyl groups is 1. The van der Waals surface area contributed by atoms with Gasteiger partial charge >= 0.3 is 0 Å². The molecule has 0 unspecified atom stereocenters. The highest BCUT2D eigenvalue weighted by Gasteiger charge is 2.45. The van der Waals surface area contributed by atoms with E-state index in [1.807, 2.05) is 18.3 Å². The zero-order valence-electron chi connectivity index (χ0n) is 23.3. The van der Waals surface area contributed by atoms with Gasteiger partial charge in [-0.3, -0.25) is 14.5 Å². The predicted octanol–water partition coefficient (Wildman–Crippen LogP) is 4.03. The fourth-order valence-corrected chi connectivity index (χ4v) is 6.00. The van der Waals surface area contributed by atoms with Crippen molar-refractivity contribution in [2.75, 3.05) is 25.5 Å². The summed E-state index contributed by atoms with van der Waals surface area (Å²) in [7, 11) is 1.72. The normalized spacial score (nSPS) is 17.1. The van der Waals surface area contributed by atoms with Crippen molar-refractivity contribution in [2.45, 2.75) is 70.7 Å². The second-order valence-electron chi connectivity index (χ2n) is 10.8. The number of anilines is 1. The minimum atomic E-state index is -0.560. The summed E-state index contributed by atoms with van der Waals surface area (Å²) < 4.78 is 12.6. The fourth-order valence-electron chi connectivity index (χ4n) is 5.00. The van der Waals surface area contributed by atoms with Gasteiger partial charge in [0.1, 0.15) is 5.82 Å². The smallest absolute Gasteiger partial charge is 0.284 e. The number of aldehydes is 1. The van der Waals surface area contributed by atoms with Crippen LogP contribution in [0.4, 0.5) is 10.1 Å². The number of rotatable bonds is 10. The molecule has 1 fully saturated rings. The number of nitrogens with one attached hydrogen (secondary N) is 3. The van der Waals surface area contributed by atoms with Crippen LogP contribution in [0.1, 0.15) is 50.3 Å². The molecule has 1 aliphatic rings. The molecule has 1 saturated heterocycles. The summed E-state index contributed by atoms with van der Waals surface area (Å²) >= 11 is 7.06. The van der Waals surface area contributed by atoms with Crippen molar-refractivity contribution in [3.63, 3.8) is 0 Å². The van der Waals surface area contributed by atoms with E-state index >= 15 is 0 Å². The SMILES string of the molecule is CC1(C)CC(NC(=O)C=O)CC(C)(C)N1C/C(N)=C/NCCc1ccc(CO)s1.CNc1ccc(Cl)c(F)c1. The van der Waals surface area contributed by atoms with Gasteiger partial charge in [0.05, 0.1) is 11.6 Å². The Kier molecular flexibility index (Phi) is 12.2. The molecule has 3 rings (SSSR count). The largest absolute Gasteiger partial charge is 0.400 e. The van der Waals surface area contributed by atoms with Crippen LogP contribution in [0.25, 0.3) is 0 Å². The Morgan fingerprint density at radius 2 is 1.85 bits per heavy atom. The lowest BCUT2D eigenvalue weighted by atomic mass is 9.76. The van der Waals surface area contributed by atoms with Gasteiger partial charge in [-0.05, 0) is 77.3 Å². The van der Waals surface area contributed by atoms with Crippen molar-refractivity contribution in [1.29, 1.82) is 0 Å². The highest BCUT2D eigenvalue weighted by atomic mass is 35.5. The summed E-state index contributed by atoms with van der Waals surface area (Å²) in [6.45, 7) is 10.1. The standard InChI is InChI=1S/C21H34N4O3S.C7H7ClFN/c1-20(2)9-16(24-19(28)14-27)10-21(3,4)25(20)12-15(22)11-23-8-7-17-5-6-18(13-26)29-17;1-10-5-2-3-6(8)7(9)4-5/h5-6,11,14,16,23,26H,7-10,12-13,22H2,1-4H3,(H,24,28);2-4,10H,1H3/b15-11-;. The zero-order valence-corrected chi connectivity index (χ0v) is 24.9. The first-order valence-electron chi connectivity index (χ1n) is 12.8. The monoisotopic (exact) mass is 581 g/mol. The molecule has 0 atom stereocenters. The average Bonchev–Trinajstić information content (AvgIpc) is 3.33. The molecule has 11 heteroatoms. The number of hydrogen-bond donors (Lipinski definition) is 5. The molecule has 1 aromatic carbocycles. The second kappa shape index (κ2) is 14.6. The number of carbonyl (C=O) groups is 2. The Morgan fingerprint density at radius 1 is 1.21 bits per heavy atom. The predicted molar refractivity (Wildman–Crippen MR) is 157 cm³/mol. The van der Waals surface area contributed by atoms with E-state index < -0.39 is 11.7 Å². The van der Waals surface area contributed by atoms with Crippen LogP contribution < -0.4 is 21.7 Å². The van der Waals surface area contributed by atoms with Gasteiger partial charge in [-0.25, -0.2) is 4.39 Å². The maximum absolute atomic E-state index is 12.6. The lowest BCUT2D eigenvalue weighted by molar-refractivity contribution is -0.133. The zero-order chi connectivity index (χ0) is 29.2. The third-order valence-corrected chi connectivity index (χ3v) is 8.07. The van der Waals surface area contributed by atoms with E-state index in [0.717, 1.165) is 42.1 Å². The number of hydrogen-bond acceptors (Lipinski definition) is 8. The van der Waals surface area contributed by atoms with Gasteiger partial charge in [-0.1, -0.05) is 11.6 Å². The van der Waals surface area contributed by atoms with E-state index in [0.29, 0.717) is 12.8 Å². The second-order valence-corrected chi connectivity index (χ2v) is 12.4. The Balaban J connectivity index is 0.000000446. The van der Waals surface area contributed by atoms with E-state index in [-0.39, 0.29) is 28.7 Å². The first-order chi connectivity index (χ1) is 18.3. The summed E-state index contributed by atoms with van der Waals surface area (Å²) in [6.07, 6.45) is 4.59. The molecule has 0 radical (unpaired) electrons. The molecule has 216 valence electrons. The van der Waals surface area contributed by atoms with Gasteiger partial charge in [0.15, 0.2) is 0 Å². The molecule has 1 amide bonds. The minimum absolute atomic E-state index is 0.0353. The number of thiophene rings is 1. The number of carbonyl (C=O) groups excluding carboxylic acids is 2. The number of amides is 1. The van der Waals surface area contributed by atoms with Gasteiger partial charge in [0.2, 0.25) is 6.29 Å². The maximum atomic E-state index is 12.6. The molecule has 2 heterocycles. The van der Waals surface area contributed by atoms with E-state index in [4.69, 9.17) is 22.4 Å². The Hall–Kier alpha value is -2.66. The number of nitrogens with two attached hydrogens (primary N) is 1. The minimum Gasteiger partial charge on any atom is -0.400 e. The molecule has 6 N–H and O–H groups in total. The van der Waals surface area contributed by atoms with Gasteiger partial charge in [-0.15, -0.1) is 11.3 Å². The first-order valence-corrected chi connectivity index (χ1v) is 14.0. The number of likely N-dealkylation sites (tertiary alicyclic amines) is 1. The van der Waals surface area contributed by atoms with Crippen molar-refractivity contribution in [1.82, 2.24) is 15.5 Å². The molecular formula is C28H41ClFN5O3S. The molecule has 39 heavy (non-hydrogen) atoms. The molecule has 2 aromatic rings. The van der Waals surface area contributed by atoms with E-state index in [1.54, 1.807) is 24.5 Å². The van der Waals surface area contributed by atoms with Crippen LogP contribution in [-0.2, 0) is 22.6 Å². The van der Waals surface area contributed by atoms with Crippen LogP contribution in [0.5, 0.6) is 0 Å². The van der Waals surface area contributed by atoms with Crippen molar-refractivity contribution < 1.29 is 19.1 Å². The van der Waals surface area contributed by atoms with Crippen LogP contribution in [0.15, 0.2) is 42.2 Å². The third kappa shape index (κ3) is 10.1. The fraction of sp³-hybridized carbons (Fsp3) is 0.500. The summed E-state index contributed by atoms with van der Waals surface area (Å²) in [5, 5.41) is 18.2. The Labute approximate surface area is 239 Å². The summed E-state index contributed by atoms with van der Waals surface area (Å²) in [5.41, 5.74) is 7.41.